The Kier molecular flexibility index (Phi) is 7.58. The van der Waals surface area contributed by atoms with Crippen molar-refractivity contribution in [3.8, 4) is 0 Å². The molecule has 0 aromatic carbocycles. The molecule has 2 aliphatic rings. The summed E-state index contributed by atoms with van der Waals surface area (Å²) < 4.78 is 23.6. The van der Waals surface area contributed by atoms with Crippen molar-refractivity contribution in [2.45, 2.75) is 108 Å². The number of fused-ring (bicyclic) bond motifs is 2. The second kappa shape index (κ2) is 9.21. The van der Waals surface area contributed by atoms with Crippen LogP contribution in [0.4, 0.5) is 0 Å². The zero-order valence-electron chi connectivity index (χ0n) is 15.5. The first-order chi connectivity index (χ1) is 11.4. The van der Waals surface area contributed by atoms with E-state index in [2.05, 4.69) is 6.92 Å². The first-order valence-corrected chi connectivity index (χ1v) is 11.9. The number of carbonyl (C=O) groups is 1. The van der Waals surface area contributed by atoms with Gasteiger partial charge < -0.3 is 4.90 Å². The molecule has 5 heteroatoms. The quantitative estimate of drug-likeness (QED) is 0.554. The number of rotatable bonds is 10. The van der Waals surface area contributed by atoms with Crippen molar-refractivity contribution >= 4 is 15.7 Å². The third-order valence-electron chi connectivity index (χ3n) is 5.83. The molecule has 1 amide bonds. The molecule has 2 aliphatic heterocycles. The van der Waals surface area contributed by atoms with Gasteiger partial charge in [0.05, 0.1) is 5.25 Å². The zero-order valence-corrected chi connectivity index (χ0v) is 16.3. The maximum Gasteiger partial charge on any atom is 0.223 e. The van der Waals surface area contributed by atoms with Crippen molar-refractivity contribution in [2.24, 2.45) is 0 Å². The molecule has 2 saturated heterocycles. The summed E-state index contributed by atoms with van der Waals surface area (Å²) in [4.78, 5) is 14.6. The van der Waals surface area contributed by atoms with Crippen LogP contribution in [-0.4, -0.2) is 42.8 Å². The minimum atomic E-state index is -2.97. The molecule has 0 N–H and O–H groups in total. The summed E-state index contributed by atoms with van der Waals surface area (Å²) >= 11 is 0. The van der Waals surface area contributed by atoms with Gasteiger partial charge in [-0.25, -0.2) is 8.42 Å². The number of hydrogen-bond donors (Lipinski definition) is 0. The molecule has 0 aromatic rings. The third-order valence-corrected chi connectivity index (χ3v) is 7.42. The molecule has 2 fully saturated rings. The van der Waals surface area contributed by atoms with Gasteiger partial charge in [-0.05, 0) is 32.1 Å². The number of nitrogens with zero attached hydrogens (tertiary/aromatic N) is 1. The van der Waals surface area contributed by atoms with Gasteiger partial charge in [-0.1, -0.05) is 51.9 Å². The monoisotopic (exact) mass is 357 g/mol. The van der Waals surface area contributed by atoms with E-state index in [4.69, 9.17) is 0 Å². The van der Waals surface area contributed by atoms with E-state index in [1.165, 1.54) is 44.8 Å². The van der Waals surface area contributed by atoms with Crippen LogP contribution in [0.5, 0.6) is 0 Å². The van der Waals surface area contributed by atoms with Crippen LogP contribution in [0.1, 0.15) is 90.4 Å². The lowest BCUT2D eigenvalue weighted by molar-refractivity contribution is -0.135. The fraction of sp³-hybridized carbons (Fsp3) is 0.947. The number of carbonyl (C=O) groups excluding carboxylic acids is 1. The highest BCUT2D eigenvalue weighted by molar-refractivity contribution is 7.91. The van der Waals surface area contributed by atoms with Gasteiger partial charge in [-0.3, -0.25) is 4.79 Å². The normalized spacial score (nSPS) is 26.8. The second-order valence-electron chi connectivity index (χ2n) is 7.83. The van der Waals surface area contributed by atoms with Crippen LogP contribution in [0.15, 0.2) is 0 Å². The van der Waals surface area contributed by atoms with Crippen molar-refractivity contribution < 1.29 is 13.2 Å². The van der Waals surface area contributed by atoms with Gasteiger partial charge in [-0.15, -0.1) is 0 Å². The standard InChI is InChI=1S/C19H35NO3S/c1-3-4-5-6-7-8-9-10-11-19(21)20-16-12-13-17(20)15-18(14-16)24(2,22)23/h16-18H,3-15H2,1-2H3. The number of piperidine rings is 1. The summed E-state index contributed by atoms with van der Waals surface area (Å²) in [7, 11) is -2.97. The fourth-order valence-electron chi connectivity index (χ4n) is 4.42. The van der Waals surface area contributed by atoms with E-state index in [9.17, 15) is 13.2 Å². The Morgan fingerprint density at radius 3 is 1.92 bits per heavy atom. The minimum absolute atomic E-state index is 0.171. The van der Waals surface area contributed by atoms with E-state index in [0.29, 0.717) is 19.3 Å². The number of hydrogen-bond acceptors (Lipinski definition) is 3. The molecule has 0 radical (unpaired) electrons. The predicted molar refractivity (Wildman–Crippen MR) is 98.7 cm³/mol. The van der Waals surface area contributed by atoms with Gasteiger partial charge in [-0.2, -0.15) is 0 Å². The van der Waals surface area contributed by atoms with Gasteiger partial charge in [0.1, 0.15) is 9.84 Å². The summed E-state index contributed by atoms with van der Waals surface area (Å²) in [6.45, 7) is 2.23. The average Bonchev–Trinajstić information content (AvgIpc) is 2.78. The molecule has 4 nitrogen and oxygen atoms in total. The molecule has 24 heavy (non-hydrogen) atoms. The Bertz CT molecular complexity index is 489. The Morgan fingerprint density at radius 1 is 0.917 bits per heavy atom. The molecule has 0 saturated carbocycles. The molecule has 140 valence electrons. The topological polar surface area (TPSA) is 54.5 Å². The molecule has 2 unspecified atom stereocenters. The molecular weight excluding hydrogens is 322 g/mol. The maximum absolute atomic E-state index is 12.6. The van der Waals surface area contributed by atoms with Gasteiger partial charge in [0.15, 0.2) is 0 Å². The summed E-state index contributed by atoms with van der Waals surface area (Å²) in [5.74, 6) is 0.264. The first-order valence-electron chi connectivity index (χ1n) is 9.93. The molecular formula is C19H35NO3S. The SMILES string of the molecule is CCCCCCCCCCC(=O)N1C2CCC1CC(S(C)(=O)=O)C2. The van der Waals surface area contributed by atoms with Crippen LogP contribution in [0.2, 0.25) is 0 Å². The van der Waals surface area contributed by atoms with E-state index in [0.717, 1.165) is 25.7 Å². The minimum Gasteiger partial charge on any atom is -0.337 e. The Labute approximate surface area is 148 Å². The van der Waals surface area contributed by atoms with Crippen LogP contribution >= 0.6 is 0 Å². The Balaban J connectivity index is 1.67. The van der Waals surface area contributed by atoms with E-state index < -0.39 is 9.84 Å². The Morgan fingerprint density at radius 2 is 1.42 bits per heavy atom. The first kappa shape index (κ1) is 19.7. The van der Waals surface area contributed by atoms with Gasteiger partial charge in [0.25, 0.3) is 0 Å². The van der Waals surface area contributed by atoms with Crippen molar-refractivity contribution in [2.75, 3.05) is 6.26 Å². The van der Waals surface area contributed by atoms with Gasteiger partial charge in [0, 0.05) is 24.8 Å². The van der Waals surface area contributed by atoms with Crippen molar-refractivity contribution in [1.29, 1.82) is 0 Å². The summed E-state index contributed by atoms with van der Waals surface area (Å²) in [6.07, 6.45) is 15.2. The van der Waals surface area contributed by atoms with E-state index >= 15 is 0 Å². The van der Waals surface area contributed by atoms with Crippen LogP contribution < -0.4 is 0 Å². The molecule has 0 aliphatic carbocycles. The summed E-state index contributed by atoms with van der Waals surface area (Å²) in [6, 6.07) is 0.343. The number of sulfone groups is 1. The molecule has 0 aromatic heterocycles. The molecule has 2 bridgehead atoms. The molecule has 0 spiro atoms. The van der Waals surface area contributed by atoms with E-state index in [1.807, 2.05) is 4.90 Å². The van der Waals surface area contributed by atoms with Crippen LogP contribution in [0.25, 0.3) is 0 Å². The van der Waals surface area contributed by atoms with E-state index in [-0.39, 0.29) is 23.2 Å². The van der Waals surface area contributed by atoms with Gasteiger partial charge in [0.2, 0.25) is 5.91 Å². The Hall–Kier alpha value is -0.580. The lowest BCUT2D eigenvalue weighted by Crippen LogP contribution is -2.49. The molecule has 2 heterocycles. The zero-order chi connectivity index (χ0) is 17.6. The maximum atomic E-state index is 12.6. The number of unbranched alkanes of at least 4 members (excludes halogenated alkanes) is 7. The third kappa shape index (κ3) is 5.47. The average molecular weight is 358 g/mol. The lowest BCUT2D eigenvalue weighted by atomic mass is 10.0. The van der Waals surface area contributed by atoms with Crippen LogP contribution in [-0.2, 0) is 14.6 Å². The van der Waals surface area contributed by atoms with Crippen molar-refractivity contribution in [3.05, 3.63) is 0 Å². The largest absolute Gasteiger partial charge is 0.337 e. The van der Waals surface area contributed by atoms with E-state index in [1.54, 1.807) is 0 Å². The summed E-state index contributed by atoms with van der Waals surface area (Å²) in [5, 5.41) is -0.234. The highest BCUT2D eigenvalue weighted by Crippen LogP contribution is 2.38. The second-order valence-corrected chi connectivity index (χ2v) is 10.2. The van der Waals surface area contributed by atoms with Crippen molar-refractivity contribution in [3.63, 3.8) is 0 Å². The van der Waals surface area contributed by atoms with Crippen molar-refractivity contribution in [1.82, 2.24) is 4.90 Å². The lowest BCUT2D eigenvalue weighted by Gasteiger charge is -2.38. The highest BCUT2D eigenvalue weighted by Gasteiger charge is 2.45. The van der Waals surface area contributed by atoms with Crippen LogP contribution in [0.3, 0.4) is 0 Å². The number of amides is 1. The van der Waals surface area contributed by atoms with Gasteiger partial charge >= 0.3 is 0 Å². The van der Waals surface area contributed by atoms with Crippen LogP contribution in [0, 0.1) is 0 Å². The summed E-state index contributed by atoms with van der Waals surface area (Å²) in [5.41, 5.74) is 0. The predicted octanol–water partition coefficient (Wildman–Crippen LogP) is 4.08. The molecule has 2 rings (SSSR count). The molecule has 2 atom stereocenters. The fourth-order valence-corrected chi connectivity index (χ4v) is 5.57. The highest BCUT2D eigenvalue weighted by atomic mass is 32.2. The smallest absolute Gasteiger partial charge is 0.223 e.